The van der Waals surface area contributed by atoms with Crippen molar-refractivity contribution >= 4 is 0 Å². The normalized spacial score (nSPS) is 12.9. The molecule has 0 spiro atoms. The fourth-order valence-corrected chi connectivity index (χ4v) is 1.75. The Morgan fingerprint density at radius 1 is 1.47 bits per heavy atom. The Balaban J connectivity index is 2.07. The van der Waals surface area contributed by atoms with E-state index in [2.05, 4.69) is 17.0 Å². The van der Waals surface area contributed by atoms with Crippen LogP contribution in [0.5, 0.6) is 0 Å². The Kier molecular flexibility index (Phi) is 3.58. The van der Waals surface area contributed by atoms with Crippen molar-refractivity contribution < 1.29 is 9.52 Å². The van der Waals surface area contributed by atoms with Gasteiger partial charge in [0.15, 0.2) is 0 Å². The average Bonchev–Trinajstić information content (AvgIpc) is 2.89. The molecule has 0 aliphatic rings. The summed E-state index contributed by atoms with van der Waals surface area (Å²) >= 11 is 0. The van der Waals surface area contributed by atoms with Gasteiger partial charge in [-0.15, -0.1) is 0 Å². The molecule has 0 radical (unpaired) electrons. The third-order valence-electron chi connectivity index (χ3n) is 2.60. The summed E-state index contributed by atoms with van der Waals surface area (Å²) in [5, 5.41) is 14.1. The average molecular weight is 235 g/mol. The van der Waals surface area contributed by atoms with Gasteiger partial charge in [0.2, 0.25) is 0 Å². The van der Waals surface area contributed by atoms with Crippen LogP contribution in [0.2, 0.25) is 0 Å². The van der Waals surface area contributed by atoms with Gasteiger partial charge in [0.05, 0.1) is 0 Å². The summed E-state index contributed by atoms with van der Waals surface area (Å²) in [4.78, 5) is 4.16. The largest absolute Gasteiger partial charge is 0.464 e. The predicted molar refractivity (Wildman–Crippen MR) is 62.4 cm³/mol. The lowest BCUT2D eigenvalue weighted by molar-refractivity contribution is 0.145. The first kappa shape index (κ1) is 11.9. The quantitative estimate of drug-likeness (QED) is 0.859. The first-order chi connectivity index (χ1) is 8.20. The second-order valence-electron chi connectivity index (χ2n) is 4.07. The van der Waals surface area contributed by atoms with E-state index < -0.39 is 6.10 Å². The maximum absolute atomic E-state index is 10.0. The molecule has 1 N–H and O–H groups in total. The van der Waals surface area contributed by atoms with Crippen molar-refractivity contribution in [2.24, 2.45) is 0 Å². The van der Waals surface area contributed by atoms with E-state index >= 15 is 0 Å². The first-order valence-electron chi connectivity index (χ1n) is 5.81. The van der Waals surface area contributed by atoms with Crippen LogP contribution in [0.15, 0.2) is 22.9 Å². The summed E-state index contributed by atoms with van der Waals surface area (Å²) in [6, 6.07) is 3.63. The van der Waals surface area contributed by atoms with E-state index in [1.165, 1.54) is 6.33 Å². The summed E-state index contributed by atoms with van der Waals surface area (Å²) in [6.07, 6.45) is 2.27. The summed E-state index contributed by atoms with van der Waals surface area (Å²) in [6.45, 7) is 4.76. The minimum Gasteiger partial charge on any atom is -0.464 e. The molecule has 5 nitrogen and oxygen atoms in total. The molecule has 0 bridgehead atoms. The van der Waals surface area contributed by atoms with E-state index in [1.807, 2.05) is 17.7 Å². The number of hydrogen-bond donors (Lipinski definition) is 1. The number of aryl methyl sites for hydroxylation is 2. The van der Waals surface area contributed by atoms with Gasteiger partial charge in [-0.3, -0.25) is 4.68 Å². The van der Waals surface area contributed by atoms with Gasteiger partial charge >= 0.3 is 0 Å². The van der Waals surface area contributed by atoms with Crippen LogP contribution < -0.4 is 0 Å². The zero-order valence-electron chi connectivity index (χ0n) is 10.1. The second kappa shape index (κ2) is 5.14. The predicted octanol–water partition coefficient (Wildman–Crippen LogP) is 1.87. The van der Waals surface area contributed by atoms with Crippen molar-refractivity contribution in [2.75, 3.05) is 0 Å². The molecule has 0 amide bonds. The van der Waals surface area contributed by atoms with Crippen LogP contribution in [0, 0.1) is 6.92 Å². The zero-order chi connectivity index (χ0) is 12.3. The van der Waals surface area contributed by atoms with Crippen LogP contribution in [0.3, 0.4) is 0 Å². The minimum absolute atomic E-state index is 0.424. The van der Waals surface area contributed by atoms with E-state index in [4.69, 9.17) is 4.42 Å². The van der Waals surface area contributed by atoms with E-state index in [1.54, 1.807) is 6.07 Å². The van der Waals surface area contributed by atoms with Gasteiger partial charge in [0.25, 0.3) is 0 Å². The third-order valence-corrected chi connectivity index (χ3v) is 2.60. The number of aromatic nitrogens is 3. The molecule has 2 aromatic rings. The molecule has 2 aromatic heterocycles. The molecule has 17 heavy (non-hydrogen) atoms. The molecular formula is C12H17N3O2. The molecule has 1 atom stereocenters. The minimum atomic E-state index is -0.663. The third kappa shape index (κ3) is 2.74. The maximum Gasteiger partial charge on any atom is 0.138 e. The number of aliphatic hydroxyl groups is 1. The van der Waals surface area contributed by atoms with E-state index in [9.17, 15) is 5.11 Å². The first-order valence-corrected chi connectivity index (χ1v) is 5.81. The number of furan rings is 1. The maximum atomic E-state index is 10.0. The molecule has 0 aliphatic carbocycles. The van der Waals surface area contributed by atoms with E-state index in [-0.39, 0.29) is 0 Å². The number of hydrogen-bond acceptors (Lipinski definition) is 4. The van der Waals surface area contributed by atoms with Crippen LogP contribution in [0.25, 0.3) is 0 Å². The molecule has 0 fully saturated rings. The molecule has 0 saturated carbocycles. The number of nitrogens with zero attached hydrogens (tertiary/aromatic N) is 3. The number of aliphatic hydroxyl groups excluding tert-OH is 1. The van der Waals surface area contributed by atoms with Crippen molar-refractivity contribution in [1.82, 2.24) is 14.8 Å². The Morgan fingerprint density at radius 3 is 2.94 bits per heavy atom. The van der Waals surface area contributed by atoms with Crippen molar-refractivity contribution in [3.8, 4) is 0 Å². The molecule has 0 saturated heterocycles. The Bertz CT molecular complexity index is 476. The fourth-order valence-electron chi connectivity index (χ4n) is 1.75. The van der Waals surface area contributed by atoms with Crippen molar-refractivity contribution in [2.45, 2.75) is 39.3 Å². The lowest BCUT2D eigenvalue weighted by atomic mass is 10.2. The highest BCUT2D eigenvalue weighted by atomic mass is 16.4. The summed E-state index contributed by atoms with van der Waals surface area (Å²) in [5.74, 6) is 2.16. The van der Waals surface area contributed by atoms with Crippen molar-refractivity contribution in [3.63, 3.8) is 0 Å². The SMILES string of the molecule is CCCn1ncnc1CC(O)c1ccc(C)o1. The van der Waals surface area contributed by atoms with Gasteiger partial charge in [-0.1, -0.05) is 6.92 Å². The van der Waals surface area contributed by atoms with Gasteiger partial charge in [0.1, 0.15) is 29.8 Å². The smallest absolute Gasteiger partial charge is 0.138 e. The van der Waals surface area contributed by atoms with Gasteiger partial charge in [0, 0.05) is 13.0 Å². The van der Waals surface area contributed by atoms with Crippen LogP contribution in [0.1, 0.15) is 36.8 Å². The molecule has 92 valence electrons. The Hall–Kier alpha value is -1.62. The van der Waals surface area contributed by atoms with Crippen molar-refractivity contribution in [1.29, 1.82) is 0 Å². The van der Waals surface area contributed by atoms with Crippen LogP contribution in [0.4, 0.5) is 0 Å². The molecule has 0 aromatic carbocycles. The van der Waals surface area contributed by atoms with Crippen LogP contribution in [-0.2, 0) is 13.0 Å². The zero-order valence-corrected chi connectivity index (χ0v) is 10.1. The van der Waals surface area contributed by atoms with E-state index in [0.717, 1.165) is 24.6 Å². The molecule has 2 heterocycles. The molecular weight excluding hydrogens is 218 g/mol. The topological polar surface area (TPSA) is 64.1 Å². The summed E-state index contributed by atoms with van der Waals surface area (Å²) in [7, 11) is 0. The fraction of sp³-hybridized carbons (Fsp3) is 0.500. The van der Waals surface area contributed by atoms with Gasteiger partial charge in [-0.25, -0.2) is 4.98 Å². The van der Waals surface area contributed by atoms with Gasteiger partial charge in [-0.05, 0) is 25.5 Å². The number of rotatable bonds is 5. The van der Waals surface area contributed by atoms with Gasteiger partial charge < -0.3 is 9.52 Å². The standard InChI is InChI=1S/C12H17N3O2/c1-3-6-15-12(13-8-14-15)7-10(16)11-5-4-9(2)17-11/h4-5,8,10,16H,3,6-7H2,1-2H3. The van der Waals surface area contributed by atoms with Crippen LogP contribution >= 0.6 is 0 Å². The highest BCUT2D eigenvalue weighted by Crippen LogP contribution is 2.19. The Morgan fingerprint density at radius 2 is 2.29 bits per heavy atom. The highest BCUT2D eigenvalue weighted by Gasteiger charge is 2.15. The van der Waals surface area contributed by atoms with Gasteiger partial charge in [-0.2, -0.15) is 5.10 Å². The van der Waals surface area contributed by atoms with Crippen LogP contribution in [-0.4, -0.2) is 19.9 Å². The van der Waals surface area contributed by atoms with E-state index in [0.29, 0.717) is 12.2 Å². The highest BCUT2D eigenvalue weighted by molar-refractivity contribution is 5.09. The van der Waals surface area contributed by atoms with Crippen molar-refractivity contribution in [3.05, 3.63) is 35.8 Å². The summed E-state index contributed by atoms with van der Waals surface area (Å²) < 4.78 is 7.20. The molecule has 1 unspecified atom stereocenters. The molecule has 5 heteroatoms. The second-order valence-corrected chi connectivity index (χ2v) is 4.07. The monoisotopic (exact) mass is 235 g/mol. The Labute approximate surface area is 100 Å². The lowest BCUT2D eigenvalue weighted by Gasteiger charge is -2.08. The molecule has 0 aliphatic heterocycles. The molecule has 2 rings (SSSR count). The summed E-state index contributed by atoms with van der Waals surface area (Å²) in [5.41, 5.74) is 0. The lowest BCUT2D eigenvalue weighted by Crippen LogP contribution is -2.10.